The van der Waals surface area contributed by atoms with E-state index in [0.717, 1.165) is 0 Å². The van der Waals surface area contributed by atoms with E-state index in [1.165, 1.54) is 0 Å². The highest BCUT2D eigenvalue weighted by Crippen LogP contribution is 1.91. The van der Waals surface area contributed by atoms with Crippen LogP contribution < -0.4 is 0 Å². The third-order valence-corrected chi connectivity index (χ3v) is 0.605. The highest BCUT2D eigenvalue weighted by atomic mass is 16.6. The van der Waals surface area contributed by atoms with Gasteiger partial charge in [0.2, 0.25) is 0 Å². The van der Waals surface area contributed by atoms with Crippen molar-refractivity contribution in [1.82, 2.24) is 0 Å². The number of carbonyl (C=O) groups excluding carboxylic acids is 1. The monoisotopic (exact) mass is 144 g/mol. The maximum Gasteiger partial charge on any atom is 0.373 e. The van der Waals surface area contributed by atoms with Crippen molar-refractivity contribution in [3.8, 4) is 0 Å². The quantitative estimate of drug-likeness (QED) is 0.347. The summed E-state index contributed by atoms with van der Waals surface area (Å²) in [5, 5.41) is 16.8. The number of aliphatic hydroxyl groups is 2. The lowest BCUT2D eigenvalue weighted by molar-refractivity contribution is -0.141. The molecule has 0 rings (SSSR count). The first-order valence-corrected chi connectivity index (χ1v) is 2.45. The molecule has 56 valence electrons. The van der Waals surface area contributed by atoms with Crippen LogP contribution in [0.25, 0.3) is 0 Å². The molecule has 0 aliphatic carbocycles. The Labute approximate surface area is 58.0 Å². The molecule has 0 aliphatic heterocycles. The van der Waals surface area contributed by atoms with Crippen LogP contribution in [0, 0.1) is 0 Å². The van der Waals surface area contributed by atoms with Crippen molar-refractivity contribution < 1.29 is 19.7 Å². The topological polar surface area (TPSA) is 66.8 Å². The lowest BCUT2D eigenvalue weighted by atomic mass is 10.5. The van der Waals surface area contributed by atoms with Gasteiger partial charge in [-0.2, -0.15) is 0 Å². The van der Waals surface area contributed by atoms with Gasteiger partial charge in [0, 0.05) is 0 Å². The summed E-state index contributed by atoms with van der Waals surface area (Å²) in [6, 6.07) is 0. The lowest BCUT2D eigenvalue weighted by Gasteiger charge is -1.99. The van der Waals surface area contributed by atoms with Crippen LogP contribution in [-0.2, 0) is 9.53 Å². The van der Waals surface area contributed by atoms with Gasteiger partial charge in [-0.15, -0.1) is 0 Å². The predicted octanol–water partition coefficient (Wildman–Crippen LogP) is 0.673. The predicted molar refractivity (Wildman–Crippen MR) is 34.5 cm³/mol. The highest BCUT2D eigenvalue weighted by molar-refractivity contribution is 5.84. The van der Waals surface area contributed by atoms with E-state index in [-0.39, 0.29) is 12.4 Å². The minimum atomic E-state index is -0.963. The fourth-order valence-electron chi connectivity index (χ4n) is 0.232. The molecule has 0 aromatic heterocycles. The molecule has 0 aromatic rings. The summed E-state index contributed by atoms with van der Waals surface area (Å²) < 4.78 is 4.23. The van der Waals surface area contributed by atoms with Crippen LogP contribution in [0.1, 0.15) is 0 Å². The first-order chi connectivity index (χ1) is 4.54. The molecule has 0 spiro atoms. The van der Waals surface area contributed by atoms with E-state index >= 15 is 0 Å². The van der Waals surface area contributed by atoms with E-state index in [2.05, 4.69) is 17.9 Å². The summed E-state index contributed by atoms with van der Waals surface area (Å²) in [6.45, 7) is 5.64. The Morgan fingerprint density at radius 3 is 2.20 bits per heavy atom. The summed E-state index contributed by atoms with van der Waals surface area (Å²) in [5.74, 6) is -1.94. The van der Waals surface area contributed by atoms with Crippen LogP contribution in [0.5, 0.6) is 0 Å². The van der Waals surface area contributed by atoms with Crippen LogP contribution in [0.3, 0.4) is 0 Å². The van der Waals surface area contributed by atoms with Gasteiger partial charge in [0.05, 0.1) is 0 Å². The van der Waals surface area contributed by atoms with Crippen LogP contribution in [0.2, 0.25) is 0 Å². The third kappa shape index (κ3) is 3.54. The van der Waals surface area contributed by atoms with Gasteiger partial charge in [-0.1, -0.05) is 6.58 Å². The van der Waals surface area contributed by atoms with Gasteiger partial charge < -0.3 is 14.9 Å². The summed E-state index contributed by atoms with van der Waals surface area (Å²) >= 11 is 0. The highest BCUT2D eigenvalue weighted by Gasteiger charge is 2.05. The fourth-order valence-corrected chi connectivity index (χ4v) is 0.232. The molecule has 0 radical (unpaired) electrons. The zero-order chi connectivity index (χ0) is 8.15. The minimum absolute atomic E-state index is 0.283. The maximum atomic E-state index is 10.3. The van der Waals surface area contributed by atoms with E-state index in [0.29, 0.717) is 0 Å². The molecule has 0 saturated heterocycles. The first kappa shape index (κ1) is 8.55. The van der Waals surface area contributed by atoms with E-state index < -0.39 is 11.7 Å². The molecule has 0 amide bonds. The molecule has 10 heavy (non-hydrogen) atoms. The van der Waals surface area contributed by atoms with Crippen molar-refractivity contribution in [2.75, 3.05) is 6.61 Å². The first-order valence-electron chi connectivity index (χ1n) is 2.45. The Kier molecular flexibility index (Phi) is 3.04. The lowest BCUT2D eigenvalue weighted by Crippen LogP contribution is -2.08. The van der Waals surface area contributed by atoms with Crippen molar-refractivity contribution in [3.05, 3.63) is 24.7 Å². The number of hydrogen-bond acceptors (Lipinski definition) is 4. The largest absolute Gasteiger partial charge is 0.509 e. The normalized spacial score (nSPS) is 8.40. The Balaban J connectivity index is 3.60. The number of aliphatic hydroxyl groups excluding tert-OH is 2. The Morgan fingerprint density at radius 1 is 1.40 bits per heavy atom. The van der Waals surface area contributed by atoms with E-state index in [9.17, 15) is 4.79 Å². The van der Waals surface area contributed by atoms with Crippen LogP contribution in [0.15, 0.2) is 24.7 Å². The molecule has 0 unspecified atom stereocenters. The van der Waals surface area contributed by atoms with Gasteiger partial charge >= 0.3 is 5.97 Å². The second-order valence-corrected chi connectivity index (χ2v) is 1.59. The Bertz CT molecular complexity index is 171. The molecule has 0 saturated carbocycles. The SMILES string of the molecule is C=C(O)COC(=O)C(=C)O. The molecule has 0 fully saturated rings. The smallest absolute Gasteiger partial charge is 0.373 e. The second kappa shape index (κ2) is 3.55. The minimum Gasteiger partial charge on any atom is -0.509 e. The van der Waals surface area contributed by atoms with Gasteiger partial charge in [0.1, 0.15) is 12.4 Å². The number of ether oxygens (including phenoxy) is 1. The third-order valence-electron chi connectivity index (χ3n) is 0.605. The van der Waals surface area contributed by atoms with Gasteiger partial charge in [-0.25, -0.2) is 4.79 Å². The number of hydrogen-bond donors (Lipinski definition) is 2. The van der Waals surface area contributed by atoms with Crippen molar-refractivity contribution in [3.63, 3.8) is 0 Å². The zero-order valence-electron chi connectivity index (χ0n) is 5.33. The van der Waals surface area contributed by atoms with Gasteiger partial charge in [0.15, 0.2) is 5.76 Å². The molecular formula is C6H8O4. The van der Waals surface area contributed by atoms with Crippen LogP contribution in [-0.4, -0.2) is 22.8 Å². The summed E-state index contributed by atoms with van der Waals surface area (Å²) in [7, 11) is 0. The number of esters is 1. The molecule has 0 aromatic carbocycles. The average Bonchev–Trinajstić information content (AvgIpc) is 1.82. The fraction of sp³-hybridized carbons (Fsp3) is 0.167. The second-order valence-electron chi connectivity index (χ2n) is 1.59. The summed E-state index contributed by atoms with van der Waals surface area (Å²) in [4.78, 5) is 10.3. The van der Waals surface area contributed by atoms with Gasteiger partial charge in [-0.3, -0.25) is 0 Å². The standard InChI is InChI=1S/C6H8O4/c1-4(7)3-10-6(9)5(2)8/h7-8H,1-3H2. The van der Waals surface area contributed by atoms with E-state index in [1.807, 2.05) is 0 Å². The number of carbonyl (C=O) groups is 1. The number of rotatable bonds is 3. The van der Waals surface area contributed by atoms with Crippen molar-refractivity contribution >= 4 is 5.97 Å². The summed E-state index contributed by atoms with van der Waals surface area (Å²) in [6.07, 6.45) is 0. The van der Waals surface area contributed by atoms with E-state index in [1.54, 1.807) is 0 Å². The molecule has 0 atom stereocenters. The Hall–Kier alpha value is -1.45. The van der Waals surface area contributed by atoms with Crippen LogP contribution >= 0.6 is 0 Å². The van der Waals surface area contributed by atoms with Crippen molar-refractivity contribution in [2.24, 2.45) is 0 Å². The molecule has 4 heteroatoms. The molecule has 0 bridgehead atoms. The van der Waals surface area contributed by atoms with Crippen molar-refractivity contribution in [1.29, 1.82) is 0 Å². The average molecular weight is 144 g/mol. The summed E-state index contributed by atoms with van der Waals surface area (Å²) in [5.41, 5.74) is 0. The van der Waals surface area contributed by atoms with Crippen molar-refractivity contribution in [2.45, 2.75) is 0 Å². The Morgan fingerprint density at radius 2 is 1.90 bits per heavy atom. The molecule has 4 nitrogen and oxygen atoms in total. The van der Waals surface area contributed by atoms with Crippen LogP contribution in [0.4, 0.5) is 0 Å². The molecular weight excluding hydrogens is 136 g/mol. The van der Waals surface area contributed by atoms with E-state index in [4.69, 9.17) is 10.2 Å². The zero-order valence-corrected chi connectivity index (χ0v) is 5.33. The molecule has 0 heterocycles. The van der Waals surface area contributed by atoms with Gasteiger partial charge in [0.25, 0.3) is 0 Å². The molecule has 2 N–H and O–H groups in total. The van der Waals surface area contributed by atoms with Gasteiger partial charge in [-0.05, 0) is 6.58 Å². The molecule has 0 aliphatic rings. The maximum absolute atomic E-state index is 10.3.